The van der Waals surface area contributed by atoms with E-state index in [0.29, 0.717) is 11.3 Å². The van der Waals surface area contributed by atoms with Crippen molar-refractivity contribution in [3.8, 4) is 11.5 Å². The van der Waals surface area contributed by atoms with Crippen molar-refractivity contribution < 1.29 is 31.8 Å². The molecule has 1 amide bonds. The maximum absolute atomic E-state index is 14.5. The molecule has 29 heavy (non-hydrogen) atoms. The number of nitrogens with one attached hydrogen (secondary N) is 2. The van der Waals surface area contributed by atoms with E-state index in [1.807, 2.05) is 0 Å². The third kappa shape index (κ3) is 5.52. The van der Waals surface area contributed by atoms with Crippen LogP contribution in [0.3, 0.4) is 0 Å². The first-order valence-electron chi connectivity index (χ1n) is 9.88. The highest BCUT2D eigenvalue weighted by atomic mass is 19.4. The van der Waals surface area contributed by atoms with Crippen LogP contribution in [0.15, 0.2) is 12.1 Å². The number of hydrogen-bond donors (Lipinski definition) is 2. The van der Waals surface area contributed by atoms with Gasteiger partial charge < -0.3 is 20.1 Å². The first-order valence-corrected chi connectivity index (χ1v) is 9.88. The number of alkyl halides is 3. The lowest BCUT2D eigenvalue weighted by atomic mass is 9.87. The Morgan fingerprint density at radius 3 is 2.48 bits per heavy atom. The van der Waals surface area contributed by atoms with E-state index < -0.39 is 24.0 Å². The van der Waals surface area contributed by atoms with Gasteiger partial charge in [-0.3, -0.25) is 4.79 Å². The molecule has 1 aromatic carbocycles. The molecule has 0 unspecified atom stereocenters. The molecular formula is C20H26F4N2O3. The normalized spacial score (nSPS) is 24.9. The van der Waals surface area contributed by atoms with E-state index in [9.17, 15) is 22.4 Å². The number of hydrogen-bond acceptors (Lipinski definition) is 4. The van der Waals surface area contributed by atoms with Gasteiger partial charge >= 0.3 is 6.18 Å². The fourth-order valence-electron chi connectivity index (χ4n) is 3.90. The Bertz CT molecular complexity index is 712. The standard InChI is InChI=1S/C20H26F4N2O3/c1-28-17-10-18(29-14-6-4-13(5-7-14)20(22,23)24)15(21)9-12(17)11-26-19(27)16-3-2-8-25-16/h9-10,13-14,16,25H,2-8,11H2,1H3,(H,26,27)/t13-,14+,16-/m0/s1. The summed E-state index contributed by atoms with van der Waals surface area (Å²) < 4.78 is 63.8. The van der Waals surface area contributed by atoms with Gasteiger partial charge in [0.05, 0.1) is 25.2 Å². The Morgan fingerprint density at radius 1 is 1.17 bits per heavy atom. The molecule has 2 fully saturated rings. The van der Waals surface area contributed by atoms with Crippen molar-refractivity contribution in [3.05, 3.63) is 23.5 Å². The van der Waals surface area contributed by atoms with Crippen LogP contribution in [0.1, 0.15) is 44.1 Å². The zero-order valence-electron chi connectivity index (χ0n) is 16.3. The van der Waals surface area contributed by atoms with Gasteiger partial charge in [-0.2, -0.15) is 13.2 Å². The predicted molar refractivity (Wildman–Crippen MR) is 98.3 cm³/mol. The summed E-state index contributed by atoms with van der Waals surface area (Å²) in [6.07, 6.45) is -2.56. The summed E-state index contributed by atoms with van der Waals surface area (Å²) >= 11 is 0. The Hall–Kier alpha value is -2.03. The lowest BCUT2D eigenvalue weighted by molar-refractivity contribution is -0.185. The average molecular weight is 418 g/mol. The molecule has 1 atom stereocenters. The van der Waals surface area contributed by atoms with E-state index >= 15 is 0 Å². The summed E-state index contributed by atoms with van der Waals surface area (Å²) in [5.74, 6) is -1.80. The van der Waals surface area contributed by atoms with Gasteiger partial charge in [0.2, 0.25) is 5.91 Å². The van der Waals surface area contributed by atoms with Gasteiger partial charge in [0.25, 0.3) is 0 Å². The van der Waals surface area contributed by atoms with Crippen LogP contribution in [-0.2, 0) is 11.3 Å². The second-order valence-electron chi connectivity index (χ2n) is 7.59. The maximum Gasteiger partial charge on any atom is 0.391 e. The maximum atomic E-state index is 14.5. The number of halogens is 4. The number of rotatable bonds is 6. The molecule has 1 aromatic rings. The minimum atomic E-state index is -4.19. The van der Waals surface area contributed by atoms with Gasteiger partial charge in [-0.1, -0.05) is 0 Å². The molecule has 0 aromatic heterocycles. The van der Waals surface area contributed by atoms with Crippen molar-refractivity contribution in [1.29, 1.82) is 0 Å². The van der Waals surface area contributed by atoms with Crippen LogP contribution in [-0.4, -0.2) is 37.9 Å². The second kappa shape index (κ2) is 9.19. The average Bonchev–Trinajstić information content (AvgIpc) is 3.22. The van der Waals surface area contributed by atoms with Crippen LogP contribution in [0.2, 0.25) is 0 Å². The van der Waals surface area contributed by atoms with Crippen molar-refractivity contribution in [3.63, 3.8) is 0 Å². The SMILES string of the molecule is COc1cc(O[C@H]2CC[C@@H](C(F)(F)F)CC2)c(F)cc1CNC(=O)[C@@H]1CCCN1. The van der Waals surface area contributed by atoms with Crippen molar-refractivity contribution >= 4 is 5.91 Å². The van der Waals surface area contributed by atoms with Gasteiger partial charge in [0.1, 0.15) is 5.75 Å². The topological polar surface area (TPSA) is 59.6 Å². The minimum Gasteiger partial charge on any atom is -0.496 e. The lowest BCUT2D eigenvalue weighted by Crippen LogP contribution is -2.40. The molecule has 9 heteroatoms. The molecule has 2 aliphatic rings. The summed E-state index contributed by atoms with van der Waals surface area (Å²) in [4.78, 5) is 12.1. The fraction of sp³-hybridized carbons (Fsp3) is 0.650. The highest BCUT2D eigenvalue weighted by Crippen LogP contribution is 2.39. The lowest BCUT2D eigenvalue weighted by Gasteiger charge is -2.30. The molecule has 0 spiro atoms. The minimum absolute atomic E-state index is 0.0216. The quantitative estimate of drug-likeness (QED) is 0.692. The van der Waals surface area contributed by atoms with Crippen molar-refractivity contribution in [1.82, 2.24) is 10.6 Å². The molecule has 1 aliphatic heterocycles. The molecule has 162 valence electrons. The molecule has 1 aliphatic carbocycles. The highest BCUT2D eigenvalue weighted by molar-refractivity contribution is 5.82. The van der Waals surface area contributed by atoms with Crippen LogP contribution < -0.4 is 20.1 Å². The molecule has 2 N–H and O–H groups in total. The van der Waals surface area contributed by atoms with Crippen LogP contribution in [0.4, 0.5) is 17.6 Å². The predicted octanol–water partition coefficient (Wildman–Crippen LogP) is 3.70. The third-order valence-electron chi connectivity index (χ3n) is 5.60. The van der Waals surface area contributed by atoms with Crippen LogP contribution in [0, 0.1) is 11.7 Å². The Labute approximate surface area is 167 Å². The number of carbonyl (C=O) groups is 1. The first kappa shape index (κ1) is 21.7. The molecule has 0 radical (unpaired) electrons. The van der Waals surface area contributed by atoms with E-state index in [-0.39, 0.29) is 49.9 Å². The number of carbonyl (C=O) groups excluding carboxylic acids is 1. The van der Waals surface area contributed by atoms with Crippen LogP contribution >= 0.6 is 0 Å². The largest absolute Gasteiger partial charge is 0.496 e. The zero-order valence-corrected chi connectivity index (χ0v) is 16.3. The Balaban J connectivity index is 1.60. The van der Waals surface area contributed by atoms with E-state index in [1.54, 1.807) is 0 Å². The zero-order chi connectivity index (χ0) is 21.0. The monoisotopic (exact) mass is 418 g/mol. The van der Waals surface area contributed by atoms with Gasteiger partial charge in [-0.15, -0.1) is 0 Å². The van der Waals surface area contributed by atoms with Gasteiger partial charge in [-0.05, 0) is 51.1 Å². The third-order valence-corrected chi connectivity index (χ3v) is 5.60. The van der Waals surface area contributed by atoms with E-state index in [0.717, 1.165) is 19.4 Å². The summed E-state index contributed by atoms with van der Waals surface area (Å²) in [7, 11) is 1.43. The highest BCUT2D eigenvalue weighted by Gasteiger charge is 2.41. The molecule has 1 saturated carbocycles. The molecule has 3 rings (SSSR count). The van der Waals surface area contributed by atoms with Gasteiger partial charge in [-0.25, -0.2) is 4.39 Å². The number of methoxy groups -OCH3 is 1. The second-order valence-corrected chi connectivity index (χ2v) is 7.59. The Morgan fingerprint density at radius 2 is 1.90 bits per heavy atom. The van der Waals surface area contributed by atoms with E-state index in [1.165, 1.54) is 19.2 Å². The van der Waals surface area contributed by atoms with Crippen LogP contribution in [0.25, 0.3) is 0 Å². The number of amides is 1. The molecule has 1 saturated heterocycles. The fourth-order valence-corrected chi connectivity index (χ4v) is 3.90. The summed E-state index contributed by atoms with van der Waals surface area (Å²) in [5, 5.41) is 5.86. The number of benzene rings is 1. The molecule has 5 nitrogen and oxygen atoms in total. The van der Waals surface area contributed by atoms with Crippen LogP contribution in [0.5, 0.6) is 11.5 Å². The van der Waals surface area contributed by atoms with Gasteiger partial charge in [0, 0.05) is 18.2 Å². The smallest absolute Gasteiger partial charge is 0.391 e. The van der Waals surface area contributed by atoms with Crippen molar-refractivity contribution in [2.75, 3.05) is 13.7 Å². The first-order chi connectivity index (χ1) is 13.8. The Kier molecular flexibility index (Phi) is 6.87. The van der Waals surface area contributed by atoms with E-state index in [4.69, 9.17) is 9.47 Å². The molecule has 0 bridgehead atoms. The summed E-state index contributed by atoms with van der Waals surface area (Å²) in [5.41, 5.74) is 0.462. The molecular weight excluding hydrogens is 392 g/mol. The van der Waals surface area contributed by atoms with Crippen molar-refractivity contribution in [2.24, 2.45) is 5.92 Å². The number of ether oxygens (including phenoxy) is 2. The van der Waals surface area contributed by atoms with E-state index in [2.05, 4.69) is 10.6 Å². The summed E-state index contributed by atoms with van der Waals surface area (Å²) in [6, 6.07) is 2.39. The molecule has 1 heterocycles. The van der Waals surface area contributed by atoms with Crippen molar-refractivity contribution in [2.45, 2.75) is 63.4 Å². The summed E-state index contributed by atoms with van der Waals surface area (Å²) in [6.45, 7) is 0.904. The van der Waals surface area contributed by atoms with Gasteiger partial charge in [0.15, 0.2) is 11.6 Å².